The Balaban J connectivity index is 1.81. The Morgan fingerprint density at radius 3 is 2.20 bits per heavy atom. The standard InChI is InChI=1S/C16H14F3N/c17-16(18,19)14-7-5-11(6-8-14)15-9-12-3-1-2-4-13(12)10-20-15/h1-8,15,20H,9-10H2/t15-/m1/s1. The maximum Gasteiger partial charge on any atom is 0.416 e. The lowest BCUT2D eigenvalue weighted by Gasteiger charge is -2.26. The number of nitrogens with one attached hydrogen (secondary N) is 1. The Hall–Kier alpha value is -1.81. The molecule has 3 rings (SSSR count). The maximum absolute atomic E-state index is 12.5. The number of hydrogen-bond acceptors (Lipinski definition) is 1. The molecular weight excluding hydrogens is 263 g/mol. The molecule has 104 valence electrons. The molecule has 0 fully saturated rings. The van der Waals surface area contributed by atoms with Crippen LogP contribution >= 0.6 is 0 Å². The predicted molar refractivity (Wildman–Crippen MR) is 71.2 cm³/mol. The highest BCUT2D eigenvalue weighted by Gasteiger charge is 2.30. The average molecular weight is 277 g/mol. The van der Waals surface area contributed by atoms with Crippen LogP contribution in [0.25, 0.3) is 0 Å². The molecule has 1 aliphatic heterocycles. The van der Waals surface area contributed by atoms with Gasteiger partial charge in [-0.05, 0) is 35.2 Å². The van der Waals surface area contributed by atoms with Gasteiger partial charge in [0.25, 0.3) is 0 Å². The Morgan fingerprint density at radius 2 is 1.55 bits per heavy atom. The summed E-state index contributed by atoms with van der Waals surface area (Å²) in [5, 5.41) is 3.37. The third kappa shape index (κ3) is 2.56. The minimum absolute atomic E-state index is 0.0761. The summed E-state index contributed by atoms with van der Waals surface area (Å²) in [7, 11) is 0. The zero-order valence-electron chi connectivity index (χ0n) is 10.7. The first-order valence-corrected chi connectivity index (χ1v) is 6.51. The van der Waals surface area contributed by atoms with E-state index in [9.17, 15) is 13.2 Å². The minimum atomic E-state index is -4.27. The fourth-order valence-electron chi connectivity index (χ4n) is 2.59. The van der Waals surface area contributed by atoms with Gasteiger partial charge in [-0.15, -0.1) is 0 Å². The highest BCUT2D eigenvalue weighted by molar-refractivity contribution is 5.34. The number of fused-ring (bicyclic) bond motifs is 1. The van der Waals surface area contributed by atoms with E-state index in [1.54, 1.807) is 12.1 Å². The molecule has 0 aliphatic carbocycles. The van der Waals surface area contributed by atoms with Crippen LogP contribution < -0.4 is 5.32 Å². The molecule has 0 radical (unpaired) electrons. The molecule has 0 bridgehead atoms. The third-order valence-corrected chi connectivity index (χ3v) is 3.72. The van der Waals surface area contributed by atoms with Crippen LogP contribution in [0.5, 0.6) is 0 Å². The summed E-state index contributed by atoms with van der Waals surface area (Å²) in [6.07, 6.45) is -3.47. The first kappa shape index (κ1) is 13.2. The van der Waals surface area contributed by atoms with Crippen molar-refractivity contribution in [3.05, 3.63) is 70.8 Å². The molecular formula is C16H14F3N. The first-order chi connectivity index (χ1) is 9.54. The van der Waals surface area contributed by atoms with Crippen molar-refractivity contribution in [1.82, 2.24) is 5.32 Å². The van der Waals surface area contributed by atoms with Crippen molar-refractivity contribution in [3.63, 3.8) is 0 Å². The lowest BCUT2D eigenvalue weighted by Crippen LogP contribution is -2.28. The second-order valence-electron chi connectivity index (χ2n) is 5.03. The van der Waals surface area contributed by atoms with Crippen molar-refractivity contribution in [3.8, 4) is 0 Å². The van der Waals surface area contributed by atoms with Gasteiger partial charge < -0.3 is 5.32 Å². The van der Waals surface area contributed by atoms with E-state index < -0.39 is 11.7 Å². The largest absolute Gasteiger partial charge is 0.416 e. The van der Waals surface area contributed by atoms with Crippen LogP contribution in [-0.4, -0.2) is 0 Å². The van der Waals surface area contributed by atoms with Gasteiger partial charge in [0.15, 0.2) is 0 Å². The second kappa shape index (κ2) is 4.94. The summed E-state index contributed by atoms with van der Waals surface area (Å²) in [6, 6.07) is 13.6. The van der Waals surface area contributed by atoms with E-state index in [0.29, 0.717) is 0 Å². The molecule has 20 heavy (non-hydrogen) atoms. The van der Waals surface area contributed by atoms with Crippen LogP contribution in [0.1, 0.15) is 28.3 Å². The van der Waals surface area contributed by atoms with Gasteiger partial charge in [0.05, 0.1) is 5.56 Å². The first-order valence-electron chi connectivity index (χ1n) is 6.51. The van der Waals surface area contributed by atoms with E-state index >= 15 is 0 Å². The van der Waals surface area contributed by atoms with Gasteiger partial charge in [0, 0.05) is 12.6 Å². The van der Waals surface area contributed by atoms with Gasteiger partial charge in [0.1, 0.15) is 0 Å². The lowest BCUT2D eigenvalue weighted by atomic mass is 9.91. The lowest BCUT2D eigenvalue weighted by molar-refractivity contribution is -0.137. The van der Waals surface area contributed by atoms with Crippen molar-refractivity contribution in [1.29, 1.82) is 0 Å². The van der Waals surface area contributed by atoms with E-state index in [1.807, 2.05) is 12.1 Å². The number of hydrogen-bond donors (Lipinski definition) is 1. The molecule has 2 aromatic carbocycles. The molecule has 1 nitrogen and oxygen atoms in total. The zero-order chi connectivity index (χ0) is 14.2. The van der Waals surface area contributed by atoms with Gasteiger partial charge in [-0.3, -0.25) is 0 Å². The van der Waals surface area contributed by atoms with E-state index in [-0.39, 0.29) is 6.04 Å². The fourth-order valence-corrected chi connectivity index (χ4v) is 2.59. The molecule has 2 aromatic rings. The fraction of sp³-hybridized carbons (Fsp3) is 0.250. The average Bonchev–Trinajstić information content (AvgIpc) is 2.46. The van der Waals surface area contributed by atoms with E-state index in [4.69, 9.17) is 0 Å². The molecule has 1 N–H and O–H groups in total. The molecule has 0 saturated carbocycles. The van der Waals surface area contributed by atoms with Crippen LogP contribution in [0.2, 0.25) is 0 Å². The quantitative estimate of drug-likeness (QED) is 0.827. The van der Waals surface area contributed by atoms with Gasteiger partial charge >= 0.3 is 6.18 Å². The summed E-state index contributed by atoms with van der Waals surface area (Å²) < 4.78 is 37.6. The molecule has 1 atom stereocenters. The molecule has 1 aliphatic rings. The van der Waals surface area contributed by atoms with E-state index in [2.05, 4.69) is 17.4 Å². The molecule has 0 aromatic heterocycles. The van der Waals surface area contributed by atoms with E-state index in [0.717, 1.165) is 30.7 Å². The van der Waals surface area contributed by atoms with Crippen LogP contribution in [0.3, 0.4) is 0 Å². The van der Waals surface area contributed by atoms with Crippen molar-refractivity contribution in [2.24, 2.45) is 0 Å². The number of rotatable bonds is 1. The molecule has 4 heteroatoms. The monoisotopic (exact) mass is 277 g/mol. The summed E-state index contributed by atoms with van der Waals surface area (Å²) in [6.45, 7) is 0.752. The highest BCUT2D eigenvalue weighted by Crippen LogP contribution is 2.31. The van der Waals surface area contributed by atoms with Crippen LogP contribution in [-0.2, 0) is 19.1 Å². The number of halogens is 3. The van der Waals surface area contributed by atoms with E-state index in [1.165, 1.54) is 11.1 Å². The van der Waals surface area contributed by atoms with Crippen molar-refractivity contribution < 1.29 is 13.2 Å². The number of alkyl halides is 3. The summed E-state index contributed by atoms with van der Waals surface area (Å²) in [5.74, 6) is 0. The van der Waals surface area contributed by atoms with Gasteiger partial charge in [0.2, 0.25) is 0 Å². The van der Waals surface area contributed by atoms with Crippen LogP contribution in [0.4, 0.5) is 13.2 Å². The Morgan fingerprint density at radius 1 is 0.900 bits per heavy atom. The highest BCUT2D eigenvalue weighted by atomic mass is 19.4. The summed E-state index contributed by atoms with van der Waals surface area (Å²) in [4.78, 5) is 0. The molecule has 0 unspecified atom stereocenters. The predicted octanol–water partition coefficient (Wildman–Crippen LogP) is 4.09. The van der Waals surface area contributed by atoms with Gasteiger partial charge in [-0.1, -0.05) is 36.4 Å². The minimum Gasteiger partial charge on any atom is -0.306 e. The molecule has 0 saturated heterocycles. The maximum atomic E-state index is 12.5. The molecule has 1 heterocycles. The summed E-state index contributed by atoms with van der Waals surface area (Å²) in [5.41, 5.74) is 2.82. The smallest absolute Gasteiger partial charge is 0.306 e. The number of benzene rings is 2. The van der Waals surface area contributed by atoms with Crippen molar-refractivity contribution in [2.75, 3.05) is 0 Å². The van der Waals surface area contributed by atoms with Crippen LogP contribution in [0.15, 0.2) is 48.5 Å². The van der Waals surface area contributed by atoms with Gasteiger partial charge in [-0.2, -0.15) is 13.2 Å². The topological polar surface area (TPSA) is 12.0 Å². The Kier molecular flexibility index (Phi) is 3.26. The molecule has 0 amide bonds. The summed E-state index contributed by atoms with van der Waals surface area (Å²) >= 11 is 0. The second-order valence-corrected chi connectivity index (χ2v) is 5.03. The van der Waals surface area contributed by atoms with Crippen molar-refractivity contribution in [2.45, 2.75) is 25.2 Å². The zero-order valence-corrected chi connectivity index (χ0v) is 10.7. The van der Waals surface area contributed by atoms with Crippen LogP contribution in [0, 0.1) is 0 Å². The SMILES string of the molecule is FC(F)(F)c1ccc([C@H]2Cc3ccccc3CN2)cc1. The Bertz CT molecular complexity index is 602. The van der Waals surface area contributed by atoms with Crippen molar-refractivity contribution >= 4 is 0 Å². The Labute approximate surface area is 115 Å². The van der Waals surface area contributed by atoms with Gasteiger partial charge in [-0.25, -0.2) is 0 Å². The molecule has 0 spiro atoms. The normalized spacial score (nSPS) is 18.6. The third-order valence-electron chi connectivity index (χ3n) is 3.72.